The van der Waals surface area contributed by atoms with Crippen LogP contribution in [0, 0.1) is 0 Å². The lowest BCUT2D eigenvalue weighted by Crippen LogP contribution is -2.06. The van der Waals surface area contributed by atoms with E-state index in [9.17, 15) is 0 Å². The Morgan fingerprint density at radius 2 is 2.00 bits per heavy atom. The van der Waals surface area contributed by atoms with Crippen LogP contribution in [-0.2, 0) is 0 Å². The second-order valence-electron chi connectivity index (χ2n) is 3.06. The van der Waals surface area contributed by atoms with E-state index >= 15 is 0 Å². The monoisotopic (exact) mass is 175 g/mol. The first-order chi connectivity index (χ1) is 6.43. The molecule has 70 valence electrons. The molecule has 1 N–H and O–H groups in total. The molecular weight excluding hydrogens is 158 g/mol. The van der Waals surface area contributed by atoms with Gasteiger partial charge >= 0.3 is 0 Å². The van der Waals surface area contributed by atoms with Crippen LogP contribution < -0.4 is 5.32 Å². The maximum absolute atomic E-state index is 3.13. The van der Waals surface area contributed by atoms with Crippen molar-refractivity contribution in [1.29, 1.82) is 0 Å². The van der Waals surface area contributed by atoms with Crippen LogP contribution in [0.15, 0.2) is 36.4 Å². The van der Waals surface area contributed by atoms with Crippen LogP contribution in [0.4, 0.5) is 0 Å². The number of unbranched alkanes of at least 4 members (excludes halogenated alkanes) is 1. The van der Waals surface area contributed by atoms with E-state index in [1.54, 1.807) is 0 Å². The first-order valence-electron chi connectivity index (χ1n) is 4.79. The van der Waals surface area contributed by atoms with Gasteiger partial charge in [0.15, 0.2) is 0 Å². The Morgan fingerprint density at radius 3 is 2.69 bits per heavy atom. The lowest BCUT2D eigenvalue weighted by atomic mass is 10.2. The molecule has 0 bridgehead atoms. The second-order valence-corrected chi connectivity index (χ2v) is 3.06. The molecule has 0 saturated carbocycles. The molecule has 0 heterocycles. The highest BCUT2D eigenvalue weighted by molar-refractivity contribution is 5.48. The molecule has 0 saturated heterocycles. The van der Waals surface area contributed by atoms with Gasteiger partial charge in [-0.05, 0) is 32.0 Å². The maximum atomic E-state index is 3.13. The number of benzene rings is 1. The van der Waals surface area contributed by atoms with E-state index in [2.05, 4.69) is 41.7 Å². The molecule has 1 aromatic carbocycles. The maximum Gasteiger partial charge on any atom is -0.00490 e. The van der Waals surface area contributed by atoms with E-state index in [0.717, 1.165) is 13.0 Å². The van der Waals surface area contributed by atoms with Gasteiger partial charge < -0.3 is 5.32 Å². The standard InChI is InChI=1S/C12H17N/c1-13-11-7-3-6-10-12-8-4-2-5-9-12/h2,4-6,8-10,13H,3,7,11H2,1H3/b10-6-. The number of rotatable bonds is 5. The molecule has 1 aromatic rings. The van der Waals surface area contributed by atoms with Gasteiger partial charge in [-0.3, -0.25) is 0 Å². The zero-order chi connectivity index (χ0) is 9.36. The molecule has 0 fully saturated rings. The molecule has 1 heteroatoms. The third-order valence-corrected chi connectivity index (χ3v) is 1.91. The van der Waals surface area contributed by atoms with E-state index in [0.29, 0.717) is 0 Å². The summed E-state index contributed by atoms with van der Waals surface area (Å²) in [6.45, 7) is 1.10. The van der Waals surface area contributed by atoms with Gasteiger partial charge in [-0.2, -0.15) is 0 Å². The van der Waals surface area contributed by atoms with Gasteiger partial charge in [0.2, 0.25) is 0 Å². The molecule has 0 radical (unpaired) electrons. The normalized spacial score (nSPS) is 10.8. The average Bonchev–Trinajstić information content (AvgIpc) is 2.19. The molecule has 0 unspecified atom stereocenters. The van der Waals surface area contributed by atoms with Gasteiger partial charge in [0, 0.05) is 0 Å². The van der Waals surface area contributed by atoms with E-state index < -0.39 is 0 Å². The summed E-state index contributed by atoms with van der Waals surface area (Å²) in [4.78, 5) is 0. The Bertz CT molecular complexity index is 239. The largest absolute Gasteiger partial charge is 0.320 e. The summed E-state index contributed by atoms with van der Waals surface area (Å²) in [7, 11) is 1.99. The van der Waals surface area contributed by atoms with Gasteiger partial charge in [0.25, 0.3) is 0 Å². The average molecular weight is 175 g/mol. The number of hydrogen-bond acceptors (Lipinski definition) is 1. The number of allylic oxidation sites excluding steroid dienone is 1. The van der Waals surface area contributed by atoms with Crippen molar-refractivity contribution in [2.75, 3.05) is 13.6 Å². The summed E-state index contributed by atoms with van der Waals surface area (Å²) in [5, 5.41) is 3.13. The number of hydrogen-bond donors (Lipinski definition) is 1. The fraction of sp³-hybridized carbons (Fsp3) is 0.333. The fourth-order valence-corrected chi connectivity index (χ4v) is 1.18. The van der Waals surface area contributed by atoms with E-state index in [1.165, 1.54) is 12.0 Å². The zero-order valence-corrected chi connectivity index (χ0v) is 8.16. The molecule has 0 spiro atoms. The lowest BCUT2D eigenvalue weighted by molar-refractivity contribution is 0.736. The number of nitrogens with one attached hydrogen (secondary N) is 1. The van der Waals surface area contributed by atoms with Crippen molar-refractivity contribution < 1.29 is 0 Å². The first-order valence-corrected chi connectivity index (χ1v) is 4.79. The molecule has 0 aliphatic rings. The van der Waals surface area contributed by atoms with E-state index in [1.807, 2.05) is 13.1 Å². The minimum absolute atomic E-state index is 1.10. The molecule has 0 aliphatic heterocycles. The smallest absolute Gasteiger partial charge is 0.00490 e. The Balaban J connectivity index is 2.25. The van der Waals surface area contributed by atoms with Crippen LogP contribution >= 0.6 is 0 Å². The van der Waals surface area contributed by atoms with Crippen LogP contribution in [0.2, 0.25) is 0 Å². The van der Waals surface area contributed by atoms with Crippen LogP contribution in [0.1, 0.15) is 18.4 Å². The van der Waals surface area contributed by atoms with Crippen molar-refractivity contribution >= 4 is 6.08 Å². The summed E-state index contributed by atoms with van der Waals surface area (Å²) < 4.78 is 0. The molecule has 0 aliphatic carbocycles. The molecule has 13 heavy (non-hydrogen) atoms. The van der Waals surface area contributed by atoms with Gasteiger partial charge in [0.05, 0.1) is 0 Å². The van der Waals surface area contributed by atoms with Crippen molar-refractivity contribution in [3.8, 4) is 0 Å². The third-order valence-electron chi connectivity index (χ3n) is 1.91. The van der Waals surface area contributed by atoms with Gasteiger partial charge in [-0.1, -0.05) is 42.5 Å². The zero-order valence-electron chi connectivity index (χ0n) is 8.16. The highest BCUT2D eigenvalue weighted by Gasteiger charge is 1.83. The molecule has 1 nitrogen and oxygen atoms in total. The lowest BCUT2D eigenvalue weighted by Gasteiger charge is -1.94. The highest BCUT2D eigenvalue weighted by atomic mass is 14.8. The summed E-state index contributed by atoms with van der Waals surface area (Å²) >= 11 is 0. The fourth-order valence-electron chi connectivity index (χ4n) is 1.18. The quantitative estimate of drug-likeness (QED) is 0.678. The predicted octanol–water partition coefficient (Wildman–Crippen LogP) is 2.70. The Morgan fingerprint density at radius 1 is 1.23 bits per heavy atom. The van der Waals surface area contributed by atoms with Gasteiger partial charge in [-0.15, -0.1) is 0 Å². The predicted molar refractivity (Wildman–Crippen MR) is 58.6 cm³/mol. The van der Waals surface area contributed by atoms with Crippen LogP contribution in [0.3, 0.4) is 0 Å². The molecule has 0 amide bonds. The summed E-state index contributed by atoms with van der Waals surface area (Å²) in [5.41, 5.74) is 1.28. The Labute approximate surface area is 80.5 Å². The van der Waals surface area contributed by atoms with Gasteiger partial charge in [-0.25, -0.2) is 0 Å². The Kier molecular flexibility index (Phi) is 4.95. The first kappa shape index (κ1) is 10.0. The van der Waals surface area contributed by atoms with Gasteiger partial charge in [0.1, 0.15) is 0 Å². The topological polar surface area (TPSA) is 12.0 Å². The van der Waals surface area contributed by atoms with E-state index in [4.69, 9.17) is 0 Å². The van der Waals surface area contributed by atoms with Crippen LogP contribution in [0.5, 0.6) is 0 Å². The molecule has 0 atom stereocenters. The summed E-state index contributed by atoms with van der Waals surface area (Å²) in [5.74, 6) is 0. The SMILES string of the molecule is CNCCC/C=C\c1ccccc1. The van der Waals surface area contributed by atoms with Crippen LogP contribution in [-0.4, -0.2) is 13.6 Å². The second kappa shape index (κ2) is 6.44. The minimum atomic E-state index is 1.10. The minimum Gasteiger partial charge on any atom is -0.320 e. The third kappa shape index (κ3) is 4.48. The molecular formula is C12H17N. The van der Waals surface area contributed by atoms with Crippen molar-refractivity contribution in [3.05, 3.63) is 42.0 Å². The highest BCUT2D eigenvalue weighted by Crippen LogP contribution is 2.02. The van der Waals surface area contributed by atoms with Crippen molar-refractivity contribution in [3.63, 3.8) is 0 Å². The summed E-state index contributed by atoms with van der Waals surface area (Å²) in [6.07, 6.45) is 6.76. The Hall–Kier alpha value is -1.08. The van der Waals surface area contributed by atoms with Crippen molar-refractivity contribution in [2.24, 2.45) is 0 Å². The summed E-state index contributed by atoms with van der Waals surface area (Å²) in [6, 6.07) is 10.4. The molecule has 0 aromatic heterocycles. The van der Waals surface area contributed by atoms with Crippen molar-refractivity contribution in [2.45, 2.75) is 12.8 Å². The van der Waals surface area contributed by atoms with Crippen LogP contribution in [0.25, 0.3) is 6.08 Å². The molecule has 1 rings (SSSR count). The van der Waals surface area contributed by atoms with E-state index in [-0.39, 0.29) is 0 Å². The van der Waals surface area contributed by atoms with Crippen molar-refractivity contribution in [1.82, 2.24) is 5.32 Å².